The summed E-state index contributed by atoms with van der Waals surface area (Å²) in [6.07, 6.45) is 4.74. The van der Waals surface area contributed by atoms with Gasteiger partial charge in [-0.15, -0.1) is 0 Å². The van der Waals surface area contributed by atoms with E-state index in [1.807, 2.05) is 18.2 Å². The van der Waals surface area contributed by atoms with Crippen LogP contribution in [-0.4, -0.2) is 41.5 Å². The molecule has 1 aliphatic heterocycles. The van der Waals surface area contributed by atoms with Crippen molar-refractivity contribution in [1.29, 1.82) is 0 Å². The van der Waals surface area contributed by atoms with Gasteiger partial charge in [-0.25, -0.2) is 13.1 Å². The number of halogens is 1. The molecular formula is C21H21BrN4O3S. The second-order valence-electron chi connectivity index (χ2n) is 7.12. The minimum Gasteiger partial charge on any atom is -0.324 e. The molecule has 1 unspecified atom stereocenters. The Morgan fingerprint density at radius 1 is 1.13 bits per heavy atom. The molecule has 0 spiro atoms. The van der Waals surface area contributed by atoms with E-state index in [0.717, 1.165) is 10.2 Å². The Hall–Kier alpha value is -2.49. The van der Waals surface area contributed by atoms with Crippen LogP contribution in [0.25, 0.3) is 5.69 Å². The molecule has 9 heteroatoms. The van der Waals surface area contributed by atoms with Crippen molar-refractivity contribution in [2.24, 2.45) is 5.92 Å². The average molecular weight is 489 g/mol. The molecule has 30 heavy (non-hydrogen) atoms. The highest BCUT2D eigenvalue weighted by molar-refractivity contribution is 9.10. The first-order chi connectivity index (χ1) is 14.4. The van der Waals surface area contributed by atoms with Crippen LogP contribution >= 0.6 is 15.9 Å². The zero-order valence-electron chi connectivity index (χ0n) is 16.1. The number of anilines is 1. The summed E-state index contributed by atoms with van der Waals surface area (Å²) in [6.45, 7) is 0.574. The Bertz CT molecular complexity index is 1130. The highest BCUT2D eigenvalue weighted by Gasteiger charge is 2.33. The van der Waals surface area contributed by atoms with E-state index in [-0.39, 0.29) is 17.3 Å². The second kappa shape index (κ2) is 8.71. The number of carbonyl (C=O) groups excluding carboxylic acids is 1. The molecule has 2 aromatic carbocycles. The third kappa shape index (κ3) is 4.33. The zero-order valence-corrected chi connectivity index (χ0v) is 18.5. The van der Waals surface area contributed by atoms with Crippen LogP contribution in [0.15, 0.2) is 76.4 Å². The maximum atomic E-state index is 13.0. The number of piperidine rings is 1. The van der Waals surface area contributed by atoms with Crippen molar-refractivity contribution < 1.29 is 13.2 Å². The van der Waals surface area contributed by atoms with Crippen LogP contribution in [0.5, 0.6) is 0 Å². The Morgan fingerprint density at radius 3 is 2.67 bits per heavy atom. The standard InChI is InChI=1S/C21H21BrN4O3S/c22-17-9-10-20(26-13-5-11-23-26)19(14-17)24-21(27)16-6-4-12-25(15-16)30(28,29)18-7-2-1-3-8-18/h1-3,5,7-11,13-14,16H,4,6,12,15H2,(H,24,27). The fourth-order valence-electron chi connectivity index (χ4n) is 3.57. The van der Waals surface area contributed by atoms with E-state index >= 15 is 0 Å². The summed E-state index contributed by atoms with van der Waals surface area (Å²) >= 11 is 3.44. The van der Waals surface area contributed by atoms with Crippen LogP contribution in [0.3, 0.4) is 0 Å². The molecule has 0 saturated carbocycles. The quantitative estimate of drug-likeness (QED) is 0.593. The maximum absolute atomic E-state index is 13.0. The van der Waals surface area contributed by atoms with Gasteiger partial charge in [0.25, 0.3) is 0 Å². The molecule has 1 N–H and O–H groups in total. The van der Waals surface area contributed by atoms with Crippen LogP contribution in [0.4, 0.5) is 5.69 Å². The first-order valence-electron chi connectivity index (χ1n) is 9.61. The molecular weight excluding hydrogens is 468 g/mol. The molecule has 0 radical (unpaired) electrons. The van der Waals surface area contributed by atoms with Crippen molar-refractivity contribution >= 4 is 37.5 Å². The van der Waals surface area contributed by atoms with Gasteiger partial charge >= 0.3 is 0 Å². The lowest BCUT2D eigenvalue weighted by Gasteiger charge is -2.31. The van der Waals surface area contributed by atoms with Crippen LogP contribution in [0.1, 0.15) is 12.8 Å². The molecule has 1 aromatic heterocycles. The van der Waals surface area contributed by atoms with Gasteiger partial charge in [0, 0.05) is 30.0 Å². The molecule has 156 valence electrons. The van der Waals surface area contributed by atoms with Crippen LogP contribution < -0.4 is 5.32 Å². The summed E-state index contributed by atoms with van der Waals surface area (Å²) < 4.78 is 29.8. The minimum absolute atomic E-state index is 0.161. The van der Waals surface area contributed by atoms with Gasteiger partial charge in [0.2, 0.25) is 15.9 Å². The molecule has 1 atom stereocenters. The van der Waals surface area contributed by atoms with E-state index < -0.39 is 15.9 Å². The van der Waals surface area contributed by atoms with Crippen LogP contribution in [0, 0.1) is 5.92 Å². The van der Waals surface area contributed by atoms with Gasteiger partial charge in [-0.05, 0) is 49.2 Å². The molecule has 2 heterocycles. The van der Waals surface area contributed by atoms with E-state index in [1.54, 1.807) is 53.5 Å². The summed E-state index contributed by atoms with van der Waals surface area (Å²) in [4.78, 5) is 13.3. The van der Waals surface area contributed by atoms with Crippen molar-refractivity contribution in [3.63, 3.8) is 0 Å². The Kier molecular flexibility index (Phi) is 6.03. The highest BCUT2D eigenvalue weighted by Crippen LogP contribution is 2.28. The zero-order chi connectivity index (χ0) is 21.1. The Labute approximate surface area is 183 Å². The number of hydrogen-bond donors (Lipinski definition) is 1. The molecule has 1 fully saturated rings. The lowest BCUT2D eigenvalue weighted by atomic mass is 9.98. The average Bonchev–Trinajstić information content (AvgIpc) is 3.29. The fraction of sp³-hybridized carbons (Fsp3) is 0.238. The number of amides is 1. The molecule has 0 aliphatic carbocycles. The van der Waals surface area contributed by atoms with Gasteiger partial charge in [0.15, 0.2) is 0 Å². The predicted molar refractivity (Wildman–Crippen MR) is 118 cm³/mol. The molecule has 7 nitrogen and oxygen atoms in total. The summed E-state index contributed by atoms with van der Waals surface area (Å²) in [5, 5.41) is 7.21. The second-order valence-corrected chi connectivity index (χ2v) is 9.97. The topological polar surface area (TPSA) is 84.3 Å². The maximum Gasteiger partial charge on any atom is 0.243 e. The van der Waals surface area contributed by atoms with Gasteiger partial charge < -0.3 is 5.32 Å². The van der Waals surface area contributed by atoms with Crippen molar-refractivity contribution in [3.8, 4) is 5.69 Å². The minimum atomic E-state index is -3.62. The third-order valence-corrected chi connectivity index (χ3v) is 7.48. The summed E-state index contributed by atoms with van der Waals surface area (Å²) in [6, 6.07) is 15.7. The van der Waals surface area contributed by atoms with E-state index in [9.17, 15) is 13.2 Å². The van der Waals surface area contributed by atoms with Gasteiger partial charge in [-0.2, -0.15) is 9.40 Å². The van der Waals surface area contributed by atoms with Crippen molar-refractivity contribution in [1.82, 2.24) is 14.1 Å². The summed E-state index contributed by atoms with van der Waals surface area (Å²) in [7, 11) is -3.62. The van der Waals surface area contributed by atoms with Crippen LogP contribution in [-0.2, 0) is 14.8 Å². The van der Waals surface area contributed by atoms with Gasteiger partial charge in [-0.3, -0.25) is 4.79 Å². The molecule has 3 aromatic rings. The lowest BCUT2D eigenvalue weighted by Crippen LogP contribution is -2.43. The van der Waals surface area contributed by atoms with Crippen molar-refractivity contribution in [2.75, 3.05) is 18.4 Å². The molecule has 0 bridgehead atoms. The number of rotatable bonds is 5. The Morgan fingerprint density at radius 2 is 1.93 bits per heavy atom. The van der Waals surface area contributed by atoms with Crippen molar-refractivity contribution in [2.45, 2.75) is 17.7 Å². The third-order valence-electron chi connectivity index (χ3n) is 5.10. The highest BCUT2D eigenvalue weighted by atomic mass is 79.9. The normalized spacial score (nSPS) is 17.6. The number of nitrogens with zero attached hydrogens (tertiary/aromatic N) is 3. The molecule has 1 aliphatic rings. The van der Waals surface area contributed by atoms with Crippen LogP contribution in [0.2, 0.25) is 0 Å². The first kappa shape index (κ1) is 20.8. The van der Waals surface area contributed by atoms with E-state index in [1.165, 1.54) is 4.31 Å². The number of sulfonamides is 1. The molecule has 4 rings (SSSR count). The lowest BCUT2D eigenvalue weighted by molar-refractivity contribution is -0.120. The first-order valence-corrected chi connectivity index (χ1v) is 11.8. The fourth-order valence-corrected chi connectivity index (χ4v) is 5.48. The van der Waals surface area contributed by atoms with E-state index in [4.69, 9.17) is 0 Å². The largest absolute Gasteiger partial charge is 0.324 e. The van der Waals surface area contributed by atoms with Crippen molar-refractivity contribution in [3.05, 3.63) is 71.5 Å². The monoisotopic (exact) mass is 488 g/mol. The Balaban J connectivity index is 1.53. The number of hydrogen-bond acceptors (Lipinski definition) is 4. The predicted octanol–water partition coefficient (Wildman–Crippen LogP) is 3.67. The summed E-state index contributed by atoms with van der Waals surface area (Å²) in [5.74, 6) is -0.629. The number of benzene rings is 2. The number of carbonyl (C=O) groups is 1. The number of aromatic nitrogens is 2. The van der Waals surface area contributed by atoms with E-state index in [0.29, 0.717) is 25.1 Å². The van der Waals surface area contributed by atoms with Gasteiger partial charge in [-0.1, -0.05) is 34.1 Å². The van der Waals surface area contributed by atoms with E-state index in [2.05, 4.69) is 26.3 Å². The molecule has 1 amide bonds. The number of nitrogens with one attached hydrogen (secondary N) is 1. The smallest absolute Gasteiger partial charge is 0.243 e. The SMILES string of the molecule is O=C(Nc1cc(Br)ccc1-n1cccn1)C1CCCN(S(=O)(=O)c2ccccc2)C1. The summed E-state index contributed by atoms with van der Waals surface area (Å²) in [5.41, 5.74) is 1.35. The van der Waals surface area contributed by atoms with Gasteiger partial charge in [0.05, 0.1) is 22.2 Å². The molecule has 1 saturated heterocycles. The van der Waals surface area contributed by atoms with Gasteiger partial charge in [0.1, 0.15) is 0 Å².